The molecule has 3 nitrogen and oxygen atoms in total. The fraction of sp³-hybridized carbons (Fsp3) is 0.417. The number of carbonyl (C=O) groups excluding carboxylic acids is 1. The van der Waals surface area contributed by atoms with Gasteiger partial charge in [0.2, 0.25) is 5.91 Å². The molecule has 1 aliphatic rings. The van der Waals surface area contributed by atoms with E-state index in [2.05, 4.69) is 4.74 Å². The third-order valence-corrected chi connectivity index (χ3v) is 2.13. The number of alkyl halides is 1. The van der Waals surface area contributed by atoms with Crippen molar-refractivity contribution < 1.29 is 20.5 Å². The average Bonchev–Trinajstić information content (AvgIpc) is 2.42. The standard InChI is InChI=1S/C12H14ClNO2/c13-7-10-1-3-11(4-2-10)8-14-5-6-16-9-12(14)15/h1-4H,5-9H2/i5D2,6D2,7D2,8D2. The maximum absolute atomic E-state index is 12.0. The maximum atomic E-state index is 12.0. The summed E-state index contributed by atoms with van der Waals surface area (Å²) in [4.78, 5) is 12.2. The second-order valence-corrected chi connectivity index (χ2v) is 3.20. The molecule has 0 saturated carbocycles. The van der Waals surface area contributed by atoms with Crippen LogP contribution in [0.15, 0.2) is 24.3 Å². The van der Waals surface area contributed by atoms with E-state index in [0.717, 1.165) is 0 Å². The molecule has 0 spiro atoms. The van der Waals surface area contributed by atoms with Gasteiger partial charge in [0.1, 0.15) is 6.61 Å². The van der Waals surface area contributed by atoms with Crippen LogP contribution in [0, 0.1) is 0 Å². The fourth-order valence-corrected chi connectivity index (χ4v) is 1.26. The maximum Gasteiger partial charge on any atom is 0.248 e. The molecule has 1 heterocycles. The summed E-state index contributed by atoms with van der Waals surface area (Å²) in [5.41, 5.74) is -0.0857. The Balaban J connectivity index is 2.46. The lowest BCUT2D eigenvalue weighted by Gasteiger charge is -2.26. The Morgan fingerprint density at radius 1 is 1.44 bits per heavy atom. The van der Waals surface area contributed by atoms with Gasteiger partial charge in [0.15, 0.2) is 0 Å². The first-order chi connectivity index (χ1) is 10.7. The molecule has 1 saturated heterocycles. The number of carbonyl (C=O) groups is 1. The quantitative estimate of drug-likeness (QED) is 0.763. The van der Waals surface area contributed by atoms with Gasteiger partial charge in [-0.2, -0.15) is 0 Å². The number of hydrogen-bond donors (Lipinski definition) is 0. The molecule has 0 unspecified atom stereocenters. The van der Waals surface area contributed by atoms with Crippen LogP contribution in [0.3, 0.4) is 0 Å². The molecule has 1 aromatic carbocycles. The van der Waals surface area contributed by atoms with Gasteiger partial charge in [-0.25, -0.2) is 0 Å². The van der Waals surface area contributed by atoms with Crippen LogP contribution in [0.25, 0.3) is 0 Å². The third kappa shape index (κ3) is 2.74. The number of ether oxygens (including phenoxy) is 1. The number of amides is 1. The first-order valence-corrected chi connectivity index (χ1v) is 4.86. The Bertz CT molecular complexity index is 643. The van der Waals surface area contributed by atoms with Crippen molar-refractivity contribution >= 4 is 17.5 Å². The van der Waals surface area contributed by atoms with E-state index < -0.39 is 37.9 Å². The minimum Gasteiger partial charge on any atom is -0.370 e. The highest BCUT2D eigenvalue weighted by Crippen LogP contribution is 2.10. The molecule has 0 N–H and O–H groups in total. The molecule has 86 valence electrons. The smallest absolute Gasteiger partial charge is 0.248 e. The highest BCUT2D eigenvalue weighted by molar-refractivity contribution is 6.17. The molecular formula is C12H14ClNO2. The van der Waals surface area contributed by atoms with Crippen LogP contribution >= 0.6 is 11.6 Å². The predicted molar refractivity (Wildman–Crippen MR) is 62.2 cm³/mol. The van der Waals surface area contributed by atoms with Crippen molar-refractivity contribution in [3.8, 4) is 0 Å². The van der Waals surface area contributed by atoms with Crippen molar-refractivity contribution in [1.29, 1.82) is 0 Å². The van der Waals surface area contributed by atoms with Crippen molar-refractivity contribution in [2.75, 3.05) is 19.7 Å². The van der Waals surface area contributed by atoms with Crippen LogP contribution in [-0.4, -0.2) is 30.5 Å². The summed E-state index contributed by atoms with van der Waals surface area (Å²) in [5, 5.41) is 0. The molecule has 16 heavy (non-hydrogen) atoms. The molecule has 0 aromatic heterocycles. The fourth-order valence-electron chi connectivity index (χ4n) is 1.13. The zero-order valence-corrected chi connectivity index (χ0v) is 8.91. The molecule has 0 atom stereocenters. The van der Waals surface area contributed by atoms with E-state index in [4.69, 9.17) is 22.6 Å². The zero-order valence-electron chi connectivity index (χ0n) is 16.2. The first-order valence-electron chi connectivity index (χ1n) is 8.48. The number of rotatable bonds is 3. The van der Waals surface area contributed by atoms with Crippen molar-refractivity contribution in [3.63, 3.8) is 0 Å². The van der Waals surface area contributed by atoms with Gasteiger partial charge in [0.05, 0.1) is 14.8 Å². The minimum atomic E-state index is -3.05. The van der Waals surface area contributed by atoms with Gasteiger partial charge in [-0.3, -0.25) is 4.79 Å². The van der Waals surface area contributed by atoms with Gasteiger partial charge in [-0.05, 0) is 11.1 Å². The molecule has 0 bridgehead atoms. The van der Waals surface area contributed by atoms with Crippen LogP contribution in [0.5, 0.6) is 0 Å². The van der Waals surface area contributed by atoms with Crippen molar-refractivity contribution in [1.82, 2.24) is 4.90 Å². The Labute approximate surface area is 111 Å². The van der Waals surface area contributed by atoms with Crippen LogP contribution < -0.4 is 0 Å². The predicted octanol–water partition coefficient (Wildman–Crippen LogP) is 1.78. The molecule has 1 aliphatic heterocycles. The van der Waals surface area contributed by atoms with Gasteiger partial charge in [-0.15, -0.1) is 11.6 Å². The zero-order chi connectivity index (χ0) is 18.6. The number of halogens is 1. The lowest BCUT2D eigenvalue weighted by atomic mass is 10.1. The summed E-state index contributed by atoms with van der Waals surface area (Å²) in [7, 11) is 0. The number of morpholine rings is 1. The molecule has 0 aliphatic carbocycles. The number of hydrogen-bond acceptors (Lipinski definition) is 2. The number of benzene rings is 1. The molecule has 1 aromatic rings. The van der Waals surface area contributed by atoms with E-state index in [1.54, 1.807) is 0 Å². The lowest BCUT2D eigenvalue weighted by molar-refractivity contribution is -0.143. The highest BCUT2D eigenvalue weighted by atomic mass is 35.5. The lowest BCUT2D eigenvalue weighted by Crippen LogP contribution is -2.40. The Morgan fingerprint density at radius 2 is 2.12 bits per heavy atom. The van der Waals surface area contributed by atoms with Crippen molar-refractivity contribution in [2.45, 2.75) is 12.3 Å². The van der Waals surface area contributed by atoms with E-state index in [1.807, 2.05) is 0 Å². The van der Waals surface area contributed by atoms with E-state index in [9.17, 15) is 4.79 Å². The first kappa shape index (κ1) is 5.07. The highest BCUT2D eigenvalue weighted by Gasteiger charge is 2.18. The van der Waals surface area contributed by atoms with E-state index in [-0.39, 0.29) is 16.0 Å². The Morgan fingerprint density at radius 3 is 2.81 bits per heavy atom. The van der Waals surface area contributed by atoms with E-state index >= 15 is 0 Å². The Hall–Kier alpha value is -1.06. The monoisotopic (exact) mass is 247 g/mol. The van der Waals surface area contributed by atoms with Gasteiger partial charge < -0.3 is 9.64 Å². The van der Waals surface area contributed by atoms with E-state index in [1.165, 1.54) is 24.3 Å². The topological polar surface area (TPSA) is 29.5 Å². The normalized spacial score (nSPS) is 32.1. The average molecular weight is 248 g/mol. The summed E-state index contributed by atoms with van der Waals surface area (Å²) >= 11 is 5.53. The molecule has 1 fully saturated rings. The molecule has 1 amide bonds. The van der Waals surface area contributed by atoms with Gasteiger partial charge in [0.25, 0.3) is 0 Å². The summed E-state index contributed by atoms with van der Waals surface area (Å²) in [6.45, 7) is -9.42. The largest absolute Gasteiger partial charge is 0.370 e. The summed E-state index contributed by atoms with van der Waals surface area (Å²) in [6.07, 6.45) is 0. The van der Waals surface area contributed by atoms with Gasteiger partial charge in [-0.1, -0.05) is 24.3 Å². The van der Waals surface area contributed by atoms with Crippen LogP contribution in [0.2, 0.25) is 0 Å². The van der Waals surface area contributed by atoms with Gasteiger partial charge >= 0.3 is 0 Å². The summed E-state index contributed by atoms with van der Waals surface area (Å²) in [5.74, 6) is -3.21. The second-order valence-electron chi connectivity index (χ2n) is 3.02. The third-order valence-electron chi connectivity index (χ3n) is 1.91. The summed E-state index contributed by atoms with van der Waals surface area (Å²) in [6, 6.07) is 4.78. The molecular weight excluding hydrogens is 226 g/mol. The van der Waals surface area contributed by atoms with Crippen molar-refractivity contribution in [3.05, 3.63) is 35.4 Å². The SMILES string of the molecule is [2H]C([2H])(Cl)c1ccc(C([2H])([2H])N2C(=O)COC([2H])([2H])C2([2H])[2H])cc1. The van der Waals surface area contributed by atoms with Gasteiger partial charge in [0, 0.05) is 21.6 Å². The van der Waals surface area contributed by atoms with Crippen LogP contribution in [0.1, 0.15) is 22.1 Å². The van der Waals surface area contributed by atoms with Crippen molar-refractivity contribution in [2.24, 2.45) is 0 Å². The van der Waals surface area contributed by atoms with E-state index in [0.29, 0.717) is 0 Å². The Kier molecular flexibility index (Phi) is 1.69. The van der Waals surface area contributed by atoms with Crippen LogP contribution in [-0.2, 0) is 21.9 Å². The summed E-state index contributed by atoms with van der Waals surface area (Å²) < 4.78 is 66.3. The number of nitrogens with zero attached hydrogens (tertiary/aromatic N) is 1. The molecule has 2 rings (SSSR count). The van der Waals surface area contributed by atoms with Crippen LogP contribution in [0.4, 0.5) is 0 Å². The molecule has 4 heteroatoms. The second kappa shape index (κ2) is 5.32. The molecule has 0 radical (unpaired) electrons. The minimum absolute atomic E-state index is 0.0651.